The molecule has 4 heteroatoms. The number of hydrogen-bond donors (Lipinski definition) is 0. The summed E-state index contributed by atoms with van der Waals surface area (Å²) < 4.78 is 16.5. The van der Waals surface area contributed by atoms with Crippen molar-refractivity contribution in [2.24, 2.45) is 0 Å². The van der Waals surface area contributed by atoms with E-state index >= 15 is 0 Å². The van der Waals surface area contributed by atoms with Gasteiger partial charge in [0.1, 0.15) is 11.5 Å². The summed E-state index contributed by atoms with van der Waals surface area (Å²) in [5, 5.41) is 0. The molecule has 2 rings (SSSR count). The van der Waals surface area contributed by atoms with Crippen LogP contribution in [-0.4, -0.2) is 26.3 Å². The van der Waals surface area contributed by atoms with Gasteiger partial charge in [-0.25, -0.2) is 0 Å². The van der Waals surface area contributed by atoms with Gasteiger partial charge in [0.05, 0.1) is 12.2 Å². The molecular weight excluding hydrogens is 340 g/mol. The van der Waals surface area contributed by atoms with Gasteiger partial charge in [-0.1, -0.05) is 69.4 Å². The maximum Gasteiger partial charge on any atom is 0.196 e. The highest BCUT2D eigenvalue weighted by Gasteiger charge is 2.16. The molecule has 0 fully saturated rings. The van der Waals surface area contributed by atoms with Gasteiger partial charge in [-0.15, -0.1) is 0 Å². The first-order valence-electron chi connectivity index (χ1n) is 9.74. The number of rotatable bonds is 13. The summed E-state index contributed by atoms with van der Waals surface area (Å²) in [6.07, 6.45) is 7.32. The summed E-state index contributed by atoms with van der Waals surface area (Å²) in [7, 11) is 1.55. The van der Waals surface area contributed by atoms with E-state index in [1.165, 1.54) is 32.1 Å². The monoisotopic (exact) mass is 370 g/mol. The van der Waals surface area contributed by atoms with Crippen molar-refractivity contribution in [3.05, 3.63) is 59.7 Å². The number of carbonyl (C=O) groups excluding carboxylic acids is 1. The maximum atomic E-state index is 12.8. The molecule has 0 aliphatic rings. The zero-order valence-electron chi connectivity index (χ0n) is 16.4. The summed E-state index contributed by atoms with van der Waals surface area (Å²) in [5.74, 6) is 1.11. The van der Waals surface area contributed by atoms with Crippen LogP contribution in [-0.2, 0) is 4.74 Å². The van der Waals surface area contributed by atoms with Crippen LogP contribution in [0.2, 0.25) is 0 Å². The van der Waals surface area contributed by atoms with Crippen LogP contribution in [0.1, 0.15) is 61.4 Å². The molecule has 0 amide bonds. The Morgan fingerprint density at radius 2 is 1.63 bits per heavy atom. The highest BCUT2D eigenvalue weighted by Crippen LogP contribution is 2.27. The Labute approximate surface area is 162 Å². The molecule has 0 saturated carbocycles. The Hall–Kier alpha value is -2.33. The second-order valence-corrected chi connectivity index (χ2v) is 6.52. The van der Waals surface area contributed by atoms with E-state index in [9.17, 15) is 4.79 Å². The normalized spacial score (nSPS) is 10.6. The van der Waals surface area contributed by atoms with Gasteiger partial charge in [-0.05, 0) is 18.6 Å². The molecule has 0 atom stereocenters. The molecule has 4 nitrogen and oxygen atoms in total. The van der Waals surface area contributed by atoms with Crippen molar-refractivity contribution in [2.45, 2.75) is 45.4 Å². The molecule has 2 aromatic carbocycles. The molecule has 0 aliphatic carbocycles. The minimum atomic E-state index is -0.0795. The number of benzene rings is 2. The average Bonchev–Trinajstić information content (AvgIpc) is 2.72. The Kier molecular flexibility index (Phi) is 9.42. The summed E-state index contributed by atoms with van der Waals surface area (Å²) in [6.45, 7) is 2.97. The van der Waals surface area contributed by atoms with E-state index in [0.29, 0.717) is 29.2 Å². The van der Waals surface area contributed by atoms with Crippen molar-refractivity contribution in [2.75, 3.05) is 20.5 Å². The van der Waals surface area contributed by atoms with Crippen molar-refractivity contribution in [1.29, 1.82) is 0 Å². The third-order valence-electron chi connectivity index (χ3n) is 4.33. The topological polar surface area (TPSA) is 44.8 Å². The van der Waals surface area contributed by atoms with Crippen LogP contribution >= 0.6 is 0 Å². The number of unbranched alkanes of at least 4 members (excludes halogenated alkanes) is 5. The van der Waals surface area contributed by atoms with Crippen LogP contribution in [0, 0.1) is 0 Å². The van der Waals surface area contributed by atoms with E-state index in [2.05, 4.69) is 6.92 Å². The Bertz CT molecular complexity index is 682. The lowest BCUT2D eigenvalue weighted by molar-refractivity contribution is 0.0501. The molecular formula is C23H30O4. The molecule has 0 bridgehead atoms. The second kappa shape index (κ2) is 12.1. The van der Waals surface area contributed by atoms with Gasteiger partial charge in [0.15, 0.2) is 12.6 Å². The molecule has 146 valence electrons. The SMILES string of the molecule is CCCCCCCCOc1ccc(C(=O)c2ccccc2)c(OCOC)c1. The van der Waals surface area contributed by atoms with Crippen LogP contribution in [0.25, 0.3) is 0 Å². The first kappa shape index (κ1) is 21.0. The summed E-state index contributed by atoms with van der Waals surface area (Å²) >= 11 is 0. The highest BCUT2D eigenvalue weighted by atomic mass is 16.7. The van der Waals surface area contributed by atoms with E-state index in [4.69, 9.17) is 14.2 Å². The van der Waals surface area contributed by atoms with E-state index in [-0.39, 0.29) is 12.6 Å². The minimum absolute atomic E-state index is 0.0793. The number of methoxy groups -OCH3 is 1. The molecule has 2 aromatic rings. The standard InChI is InChI=1S/C23H30O4/c1-3-4-5-6-7-11-16-26-20-14-15-21(22(17-20)27-18-25-2)23(24)19-12-9-8-10-13-19/h8-10,12-15,17H,3-7,11,16,18H2,1-2H3. The van der Waals surface area contributed by atoms with Crippen LogP contribution in [0.15, 0.2) is 48.5 Å². The Balaban J connectivity index is 1.99. The van der Waals surface area contributed by atoms with Gasteiger partial charge in [-0.3, -0.25) is 4.79 Å². The molecule has 0 saturated heterocycles. The molecule has 0 spiro atoms. The van der Waals surface area contributed by atoms with Gasteiger partial charge in [0.25, 0.3) is 0 Å². The van der Waals surface area contributed by atoms with E-state index < -0.39 is 0 Å². The van der Waals surface area contributed by atoms with Gasteiger partial charge < -0.3 is 14.2 Å². The lowest BCUT2D eigenvalue weighted by Crippen LogP contribution is -2.08. The highest BCUT2D eigenvalue weighted by molar-refractivity contribution is 6.10. The van der Waals surface area contributed by atoms with Gasteiger partial charge in [0, 0.05) is 18.7 Å². The quantitative estimate of drug-likeness (QED) is 0.260. The van der Waals surface area contributed by atoms with Crippen LogP contribution in [0.3, 0.4) is 0 Å². The fraction of sp³-hybridized carbons (Fsp3) is 0.435. The predicted molar refractivity (Wildman–Crippen MR) is 108 cm³/mol. The van der Waals surface area contributed by atoms with Crippen molar-refractivity contribution < 1.29 is 19.0 Å². The smallest absolute Gasteiger partial charge is 0.196 e. The van der Waals surface area contributed by atoms with Crippen LogP contribution in [0.5, 0.6) is 11.5 Å². The Morgan fingerprint density at radius 1 is 0.889 bits per heavy atom. The van der Waals surface area contributed by atoms with Gasteiger partial charge >= 0.3 is 0 Å². The van der Waals surface area contributed by atoms with Gasteiger partial charge in [-0.2, -0.15) is 0 Å². The van der Waals surface area contributed by atoms with E-state index in [1.54, 1.807) is 31.4 Å². The zero-order valence-corrected chi connectivity index (χ0v) is 16.4. The lowest BCUT2D eigenvalue weighted by Gasteiger charge is -2.13. The maximum absolute atomic E-state index is 12.8. The fourth-order valence-electron chi connectivity index (χ4n) is 2.84. The summed E-state index contributed by atoms with van der Waals surface area (Å²) in [5.41, 5.74) is 1.13. The van der Waals surface area contributed by atoms with Crippen molar-refractivity contribution in [3.8, 4) is 11.5 Å². The minimum Gasteiger partial charge on any atom is -0.493 e. The number of hydrogen-bond acceptors (Lipinski definition) is 4. The van der Waals surface area contributed by atoms with Gasteiger partial charge in [0.2, 0.25) is 0 Å². The predicted octanol–water partition coefficient (Wildman–Crippen LogP) is 5.64. The molecule has 0 heterocycles. The van der Waals surface area contributed by atoms with Crippen LogP contribution in [0.4, 0.5) is 0 Å². The summed E-state index contributed by atoms with van der Waals surface area (Å²) in [6, 6.07) is 14.5. The average molecular weight is 370 g/mol. The zero-order chi connectivity index (χ0) is 19.3. The fourth-order valence-corrected chi connectivity index (χ4v) is 2.84. The third kappa shape index (κ3) is 7.06. The first-order valence-corrected chi connectivity index (χ1v) is 9.74. The van der Waals surface area contributed by atoms with E-state index in [1.807, 2.05) is 24.3 Å². The van der Waals surface area contributed by atoms with Crippen molar-refractivity contribution >= 4 is 5.78 Å². The van der Waals surface area contributed by atoms with Crippen molar-refractivity contribution in [3.63, 3.8) is 0 Å². The van der Waals surface area contributed by atoms with E-state index in [0.717, 1.165) is 6.42 Å². The third-order valence-corrected chi connectivity index (χ3v) is 4.33. The second-order valence-electron chi connectivity index (χ2n) is 6.52. The first-order chi connectivity index (χ1) is 13.3. The number of ether oxygens (including phenoxy) is 3. The number of ketones is 1. The molecule has 27 heavy (non-hydrogen) atoms. The lowest BCUT2D eigenvalue weighted by atomic mass is 10.0. The number of carbonyl (C=O) groups is 1. The van der Waals surface area contributed by atoms with Crippen LogP contribution < -0.4 is 9.47 Å². The summed E-state index contributed by atoms with van der Waals surface area (Å²) in [4.78, 5) is 12.8. The molecule has 0 N–H and O–H groups in total. The molecule has 0 aromatic heterocycles. The molecule has 0 radical (unpaired) electrons. The Morgan fingerprint density at radius 3 is 2.37 bits per heavy atom. The molecule has 0 aliphatic heterocycles. The largest absolute Gasteiger partial charge is 0.493 e. The molecule has 0 unspecified atom stereocenters. The van der Waals surface area contributed by atoms with Crippen molar-refractivity contribution in [1.82, 2.24) is 0 Å².